The molecule has 3 rings (SSSR count). The Morgan fingerprint density at radius 1 is 0.950 bits per heavy atom. The van der Waals surface area contributed by atoms with Gasteiger partial charge in [-0.3, -0.25) is 0 Å². The van der Waals surface area contributed by atoms with Crippen molar-refractivity contribution in [1.82, 2.24) is 4.57 Å². The lowest BCUT2D eigenvalue weighted by atomic mass is 10.1. The first-order valence-electron chi connectivity index (χ1n) is 7.03. The van der Waals surface area contributed by atoms with E-state index in [-0.39, 0.29) is 0 Å². The molecule has 2 heteroatoms. The Bertz CT molecular complexity index is 685. The minimum atomic E-state index is 0.792. The highest BCUT2D eigenvalue weighted by molar-refractivity contribution is 5.87. The number of aromatic nitrogens is 1. The van der Waals surface area contributed by atoms with Gasteiger partial charge in [0.2, 0.25) is 0 Å². The third-order valence-corrected chi connectivity index (χ3v) is 3.61. The lowest BCUT2D eigenvalue weighted by Gasteiger charge is -2.10. The van der Waals surface area contributed by atoms with Gasteiger partial charge in [0.25, 0.3) is 0 Å². The molecule has 0 N–H and O–H groups in total. The number of fused-ring (bicyclic) bond motifs is 1. The van der Waals surface area contributed by atoms with Gasteiger partial charge in [-0.05, 0) is 24.1 Å². The largest absolute Gasteiger partial charge is 0.385 e. The number of para-hydroxylation sites is 1. The van der Waals surface area contributed by atoms with Crippen LogP contribution in [0.3, 0.4) is 0 Å². The van der Waals surface area contributed by atoms with Gasteiger partial charge >= 0.3 is 0 Å². The molecule has 0 amide bonds. The van der Waals surface area contributed by atoms with E-state index in [1.165, 1.54) is 22.2 Å². The van der Waals surface area contributed by atoms with Crippen LogP contribution in [0.5, 0.6) is 0 Å². The summed E-state index contributed by atoms with van der Waals surface area (Å²) in [5.74, 6) is 0. The Kier molecular flexibility index (Phi) is 3.84. The second kappa shape index (κ2) is 5.93. The van der Waals surface area contributed by atoms with E-state index >= 15 is 0 Å². The number of hydrogen-bond acceptors (Lipinski definition) is 1. The minimum Gasteiger partial charge on any atom is -0.385 e. The van der Waals surface area contributed by atoms with E-state index in [0.717, 1.165) is 19.6 Å². The van der Waals surface area contributed by atoms with Crippen LogP contribution in [0, 0.1) is 0 Å². The summed E-state index contributed by atoms with van der Waals surface area (Å²) in [5, 5.41) is 1.30. The molecule has 0 aliphatic heterocycles. The van der Waals surface area contributed by atoms with Gasteiger partial charge in [0.05, 0.1) is 0 Å². The van der Waals surface area contributed by atoms with E-state index < -0.39 is 0 Å². The molecule has 0 aliphatic carbocycles. The van der Waals surface area contributed by atoms with Crippen molar-refractivity contribution in [2.45, 2.75) is 13.0 Å². The fraction of sp³-hybridized carbons (Fsp3) is 0.222. The molecule has 2 aromatic carbocycles. The molecule has 0 radical (unpaired) electrons. The SMILES string of the molecule is COCCCn1c(-c2ccccc2)cc2ccccc21. The molecule has 0 spiro atoms. The van der Waals surface area contributed by atoms with Crippen molar-refractivity contribution in [1.29, 1.82) is 0 Å². The first-order valence-corrected chi connectivity index (χ1v) is 7.03. The summed E-state index contributed by atoms with van der Waals surface area (Å²) >= 11 is 0. The number of ether oxygens (including phenoxy) is 1. The first-order chi connectivity index (χ1) is 9.90. The Morgan fingerprint density at radius 3 is 2.50 bits per heavy atom. The molecule has 20 heavy (non-hydrogen) atoms. The van der Waals surface area contributed by atoms with Crippen LogP contribution in [-0.4, -0.2) is 18.3 Å². The summed E-state index contributed by atoms with van der Waals surface area (Å²) in [4.78, 5) is 0. The number of aryl methyl sites for hydroxylation is 1. The van der Waals surface area contributed by atoms with E-state index in [0.29, 0.717) is 0 Å². The van der Waals surface area contributed by atoms with Gasteiger partial charge in [-0.25, -0.2) is 0 Å². The highest BCUT2D eigenvalue weighted by Gasteiger charge is 2.09. The predicted molar refractivity (Wildman–Crippen MR) is 83.9 cm³/mol. The summed E-state index contributed by atoms with van der Waals surface area (Å²) in [7, 11) is 1.76. The van der Waals surface area contributed by atoms with Crippen molar-refractivity contribution in [3.8, 4) is 11.3 Å². The number of hydrogen-bond donors (Lipinski definition) is 0. The molecule has 0 atom stereocenters. The van der Waals surface area contributed by atoms with Crippen molar-refractivity contribution in [3.63, 3.8) is 0 Å². The summed E-state index contributed by atoms with van der Waals surface area (Å²) in [6.07, 6.45) is 1.02. The van der Waals surface area contributed by atoms with Crippen molar-refractivity contribution < 1.29 is 4.74 Å². The van der Waals surface area contributed by atoms with Crippen molar-refractivity contribution in [2.75, 3.05) is 13.7 Å². The second-order valence-corrected chi connectivity index (χ2v) is 4.95. The van der Waals surface area contributed by atoms with Gasteiger partial charge in [-0.2, -0.15) is 0 Å². The number of rotatable bonds is 5. The second-order valence-electron chi connectivity index (χ2n) is 4.95. The molecular formula is C18H19NO. The average molecular weight is 265 g/mol. The van der Waals surface area contributed by atoms with E-state index in [1.54, 1.807) is 7.11 Å². The summed E-state index contributed by atoms with van der Waals surface area (Å²) < 4.78 is 7.58. The Morgan fingerprint density at radius 2 is 1.70 bits per heavy atom. The van der Waals surface area contributed by atoms with Crippen LogP contribution in [-0.2, 0) is 11.3 Å². The molecule has 1 heterocycles. The summed E-state index contributed by atoms with van der Waals surface area (Å²) in [5.41, 5.74) is 3.84. The van der Waals surface area contributed by atoms with Crippen LogP contribution in [0.4, 0.5) is 0 Å². The third-order valence-electron chi connectivity index (χ3n) is 3.61. The highest BCUT2D eigenvalue weighted by atomic mass is 16.5. The van der Waals surface area contributed by atoms with Gasteiger partial charge in [-0.1, -0.05) is 48.5 Å². The van der Waals surface area contributed by atoms with Gasteiger partial charge in [0.15, 0.2) is 0 Å². The molecule has 1 aromatic heterocycles. The zero-order chi connectivity index (χ0) is 13.8. The fourth-order valence-electron chi connectivity index (χ4n) is 2.67. The van der Waals surface area contributed by atoms with E-state index in [1.807, 2.05) is 0 Å². The maximum absolute atomic E-state index is 5.18. The Balaban J connectivity index is 2.08. The molecule has 3 aromatic rings. The Labute approximate surface area is 119 Å². The molecular weight excluding hydrogens is 246 g/mol. The molecule has 0 aliphatic rings. The highest BCUT2D eigenvalue weighted by Crippen LogP contribution is 2.28. The zero-order valence-electron chi connectivity index (χ0n) is 11.8. The van der Waals surface area contributed by atoms with Crippen LogP contribution >= 0.6 is 0 Å². The summed E-state index contributed by atoms with van der Waals surface area (Å²) in [6.45, 7) is 1.77. The predicted octanol–water partition coefficient (Wildman–Crippen LogP) is 4.34. The number of methoxy groups -OCH3 is 1. The van der Waals surface area contributed by atoms with Gasteiger partial charge in [0.1, 0.15) is 0 Å². The molecule has 102 valence electrons. The first kappa shape index (κ1) is 12.9. The van der Waals surface area contributed by atoms with Gasteiger partial charge < -0.3 is 9.30 Å². The monoisotopic (exact) mass is 265 g/mol. The zero-order valence-corrected chi connectivity index (χ0v) is 11.8. The molecule has 2 nitrogen and oxygen atoms in total. The van der Waals surface area contributed by atoms with Gasteiger partial charge in [-0.15, -0.1) is 0 Å². The van der Waals surface area contributed by atoms with E-state index in [4.69, 9.17) is 4.74 Å². The maximum atomic E-state index is 5.18. The normalized spacial score (nSPS) is 11.1. The van der Waals surface area contributed by atoms with Crippen molar-refractivity contribution >= 4 is 10.9 Å². The quantitative estimate of drug-likeness (QED) is 0.626. The molecule has 0 unspecified atom stereocenters. The van der Waals surface area contributed by atoms with Crippen LogP contribution in [0.1, 0.15) is 6.42 Å². The standard InChI is InChI=1S/C18H19NO/c1-20-13-7-12-19-17-11-6-5-10-16(17)14-18(19)15-8-3-2-4-9-15/h2-6,8-11,14H,7,12-13H2,1H3. The molecule has 0 saturated heterocycles. The Hall–Kier alpha value is -2.06. The molecule has 0 saturated carbocycles. The fourth-order valence-corrected chi connectivity index (χ4v) is 2.67. The lowest BCUT2D eigenvalue weighted by Crippen LogP contribution is -2.02. The number of nitrogens with zero attached hydrogens (tertiary/aromatic N) is 1. The number of benzene rings is 2. The van der Waals surface area contributed by atoms with Crippen molar-refractivity contribution in [3.05, 3.63) is 60.7 Å². The molecule has 0 bridgehead atoms. The van der Waals surface area contributed by atoms with Gasteiger partial charge in [0, 0.05) is 36.9 Å². The average Bonchev–Trinajstić information content (AvgIpc) is 2.87. The minimum absolute atomic E-state index is 0.792. The smallest absolute Gasteiger partial charge is 0.0491 e. The summed E-state index contributed by atoms with van der Waals surface area (Å²) in [6, 6.07) is 21.4. The van der Waals surface area contributed by atoms with Crippen LogP contribution < -0.4 is 0 Å². The maximum Gasteiger partial charge on any atom is 0.0491 e. The molecule has 0 fully saturated rings. The van der Waals surface area contributed by atoms with Crippen LogP contribution in [0.2, 0.25) is 0 Å². The van der Waals surface area contributed by atoms with E-state index in [2.05, 4.69) is 65.2 Å². The lowest BCUT2D eigenvalue weighted by molar-refractivity contribution is 0.191. The topological polar surface area (TPSA) is 14.2 Å². The van der Waals surface area contributed by atoms with Crippen LogP contribution in [0.25, 0.3) is 22.2 Å². The van der Waals surface area contributed by atoms with Crippen molar-refractivity contribution in [2.24, 2.45) is 0 Å². The third kappa shape index (κ3) is 2.47. The van der Waals surface area contributed by atoms with E-state index in [9.17, 15) is 0 Å². The van der Waals surface area contributed by atoms with Crippen LogP contribution in [0.15, 0.2) is 60.7 Å².